The normalized spacial score (nSPS) is 20.3. The molecule has 8 heteroatoms. The van der Waals surface area contributed by atoms with Crippen LogP contribution >= 0.6 is 0 Å². The number of piperazine rings is 1. The number of aliphatic carboxylic acids is 1. The number of sulfonamides is 1. The summed E-state index contributed by atoms with van der Waals surface area (Å²) in [5.74, 6) is -1.39. The van der Waals surface area contributed by atoms with Gasteiger partial charge in [0.05, 0.1) is 11.7 Å². The maximum Gasteiger partial charge on any atom is 0.310 e. The number of carboxylic acids is 1. The summed E-state index contributed by atoms with van der Waals surface area (Å²) in [6, 6.07) is 0. The van der Waals surface area contributed by atoms with Gasteiger partial charge in [0.2, 0.25) is 15.9 Å². The van der Waals surface area contributed by atoms with Crippen LogP contribution in [-0.2, 0) is 19.6 Å². The van der Waals surface area contributed by atoms with Gasteiger partial charge in [-0.1, -0.05) is 13.8 Å². The Morgan fingerprint density at radius 1 is 1.19 bits per heavy atom. The maximum absolute atomic E-state index is 12.3. The summed E-state index contributed by atoms with van der Waals surface area (Å²) in [7, 11) is -3.24. The molecule has 1 N–H and O–H groups in total. The van der Waals surface area contributed by atoms with Crippen molar-refractivity contribution in [2.75, 3.05) is 32.4 Å². The molecule has 1 rings (SSSR count). The minimum atomic E-state index is -3.24. The summed E-state index contributed by atoms with van der Waals surface area (Å²) in [4.78, 5) is 25.2. The fraction of sp³-hybridized carbons (Fsp3) is 0.846. The molecular formula is C13H24N2O5S. The van der Waals surface area contributed by atoms with Crippen LogP contribution in [0.1, 0.15) is 27.2 Å². The van der Waals surface area contributed by atoms with Gasteiger partial charge in [0, 0.05) is 32.6 Å². The number of rotatable bonds is 5. The molecule has 1 unspecified atom stereocenters. The van der Waals surface area contributed by atoms with E-state index in [1.54, 1.807) is 25.7 Å². The van der Waals surface area contributed by atoms with Gasteiger partial charge in [-0.15, -0.1) is 0 Å². The highest BCUT2D eigenvalue weighted by molar-refractivity contribution is 7.88. The van der Waals surface area contributed by atoms with Crippen LogP contribution in [0.25, 0.3) is 0 Å². The highest BCUT2D eigenvalue weighted by Gasteiger charge is 2.40. The van der Waals surface area contributed by atoms with Crippen LogP contribution in [0.2, 0.25) is 0 Å². The molecule has 0 saturated carbocycles. The van der Waals surface area contributed by atoms with Crippen molar-refractivity contribution in [2.45, 2.75) is 27.2 Å². The van der Waals surface area contributed by atoms with Crippen molar-refractivity contribution in [3.05, 3.63) is 0 Å². The smallest absolute Gasteiger partial charge is 0.310 e. The predicted octanol–water partition coefficient (Wildman–Crippen LogP) is 0.227. The average molecular weight is 320 g/mol. The molecule has 1 aliphatic heterocycles. The number of amides is 1. The van der Waals surface area contributed by atoms with E-state index in [0.717, 1.165) is 6.26 Å². The lowest BCUT2D eigenvalue weighted by molar-refractivity contribution is -0.155. The minimum Gasteiger partial charge on any atom is -0.481 e. The predicted molar refractivity (Wildman–Crippen MR) is 78.2 cm³/mol. The fourth-order valence-electron chi connectivity index (χ4n) is 2.22. The molecule has 0 spiro atoms. The Hall–Kier alpha value is -1.15. The molecule has 0 aromatic rings. The molecule has 7 nitrogen and oxygen atoms in total. The maximum atomic E-state index is 12.3. The molecule has 0 aromatic heterocycles. The van der Waals surface area contributed by atoms with Crippen LogP contribution in [0.5, 0.6) is 0 Å². The van der Waals surface area contributed by atoms with Gasteiger partial charge < -0.3 is 10.0 Å². The lowest BCUT2D eigenvalue weighted by Crippen LogP contribution is -2.51. The van der Waals surface area contributed by atoms with Crippen molar-refractivity contribution in [3.63, 3.8) is 0 Å². The van der Waals surface area contributed by atoms with Crippen LogP contribution in [-0.4, -0.2) is 67.0 Å². The Bertz CT molecular complexity index is 509. The lowest BCUT2D eigenvalue weighted by Gasteiger charge is -2.36. The third-order valence-electron chi connectivity index (χ3n) is 4.34. The molecule has 21 heavy (non-hydrogen) atoms. The van der Waals surface area contributed by atoms with E-state index in [1.165, 1.54) is 4.31 Å². The molecule has 1 amide bonds. The van der Waals surface area contributed by atoms with E-state index in [4.69, 9.17) is 0 Å². The Labute approximate surface area is 126 Å². The number of carboxylic acid groups (broad SMARTS) is 1. The van der Waals surface area contributed by atoms with Crippen molar-refractivity contribution in [1.82, 2.24) is 9.21 Å². The second-order valence-corrected chi connectivity index (χ2v) is 8.08. The summed E-state index contributed by atoms with van der Waals surface area (Å²) >= 11 is 0. The minimum absolute atomic E-state index is 0.0706. The Balaban J connectivity index is 2.68. The van der Waals surface area contributed by atoms with E-state index in [0.29, 0.717) is 13.1 Å². The molecule has 1 atom stereocenters. The Morgan fingerprint density at radius 2 is 1.67 bits per heavy atom. The molecule has 0 aliphatic carbocycles. The third-order valence-corrected chi connectivity index (χ3v) is 5.64. The van der Waals surface area contributed by atoms with Crippen LogP contribution in [0, 0.1) is 11.3 Å². The summed E-state index contributed by atoms with van der Waals surface area (Å²) in [5, 5.41) is 9.34. The second kappa shape index (κ2) is 6.31. The molecule has 122 valence electrons. The SMILES string of the molecule is CC(C)C(C)(CC(=O)N1CCN(S(C)(=O)=O)CC1)C(=O)O. The number of carbonyl (C=O) groups excluding carboxylic acids is 1. The van der Waals surface area contributed by atoms with E-state index in [1.807, 2.05) is 0 Å². The van der Waals surface area contributed by atoms with E-state index in [-0.39, 0.29) is 31.3 Å². The van der Waals surface area contributed by atoms with Crippen LogP contribution in [0.3, 0.4) is 0 Å². The fourth-order valence-corrected chi connectivity index (χ4v) is 3.05. The van der Waals surface area contributed by atoms with Gasteiger partial charge >= 0.3 is 5.97 Å². The van der Waals surface area contributed by atoms with Crippen LogP contribution in [0.4, 0.5) is 0 Å². The van der Waals surface area contributed by atoms with Crippen LogP contribution < -0.4 is 0 Å². The summed E-state index contributed by atoms with van der Waals surface area (Å²) in [5.41, 5.74) is -1.11. The zero-order valence-corrected chi connectivity index (χ0v) is 13.8. The van der Waals surface area contributed by atoms with Crippen molar-refractivity contribution >= 4 is 21.9 Å². The van der Waals surface area contributed by atoms with Crippen LogP contribution in [0.15, 0.2) is 0 Å². The number of hydrogen-bond acceptors (Lipinski definition) is 4. The summed E-state index contributed by atoms with van der Waals surface area (Å²) in [6.45, 7) is 6.27. The first-order chi connectivity index (χ1) is 9.48. The molecule has 1 saturated heterocycles. The van der Waals surface area contributed by atoms with E-state index in [2.05, 4.69) is 0 Å². The van der Waals surface area contributed by atoms with Gasteiger partial charge in [-0.3, -0.25) is 9.59 Å². The van der Waals surface area contributed by atoms with Gasteiger partial charge in [-0.05, 0) is 12.8 Å². The first-order valence-electron chi connectivity index (χ1n) is 6.95. The first-order valence-corrected chi connectivity index (χ1v) is 8.79. The lowest BCUT2D eigenvalue weighted by atomic mass is 9.76. The van der Waals surface area contributed by atoms with E-state index >= 15 is 0 Å². The zero-order valence-electron chi connectivity index (χ0n) is 13.0. The Morgan fingerprint density at radius 3 is 2.00 bits per heavy atom. The third kappa shape index (κ3) is 4.16. The van der Waals surface area contributed by atoms with Crippen molar-refractivity contribution in [2.24, 2.45) is 11.3 Å². The van der Waals surface area contributed by atoms with Gasteiger partial charge in [0.15, 0.2) is 0 Å². The highest BCUT2D eigenvalue weighted by Crippen LogP contribution is 2.32. The second-order valence-electron chi connectivity index (χ2n) is 6.10. The topological polar surface area (TPSA) is 95.0 Å². The molecule has 1 heterocycles. The monoisotopic (exact) mass is 320 g/mol. The van der Waals surface area contributed by atoms with Gasteiger partial charge in [-0.2, -0.15) is 4.31 Å². The molecule has 0 radical (unpaired) electrons. The summed E-state index contributed by atoms with van der Waals surface area (Å²) in [6.07, 6.45) is 1.07. The first kappa shape index (κ1) is 17.9. The quantitative estimate of drug-likeness (QED) is 0.782. The number of hydrogen-bond donors (Lipinski definition) is 1. The van der Waals surface area contributed by atoms with Gasteiger partial charge in [0.25, 0.3) is 0 Å². The van der Waals surface area contributed by atoms with Gasteiger partial charge in [-0.25, -0.2) is 8.42 Å². The summed E-state index contributed by atoms with van der Waals surface area (Å²) < 4.78 is 24.2. The van der Waals surface area contributed by atoms with Crippen molar-refractivity contribution < 1.29 is 23.1 Å². The average Bonchev–Trinajstić information content (AvgIpc) is 2.37. The van der Waals surface area contributed by atoms with E-state index in [9.17, 15) is 23.1 Å². The molecule has 0 aromatic carbocycles. The zero-order chi connectivity index (χ0) is 16.4. The molecular weight excluding hydrogens is 296 g/mol. The molecule has 1 fully saturated rings. The molecule has 0 bridgehead atoms. The van der Waals surface area contributed by atoms with Crippen molar-refractivity contribution in [1.29, 1.82) is 0 Å². The van der Waals surface area contributed by atoms with Gasteiger partial charge in [0.1, 0.15) is 0 Å². The standard InChI is InChI=1S/C13H24N2O5S/c1-10(2)13(3,12(17)18)9-11(16)14-5-7-15(8-6-14)21(4,19)20/h10H,5-9H2,1-4H3,(H,17,18). The Kier molecular flexibility index (Phi) is 5.38. The molecule has 1 aliphatic rings. The number of carbonyl (C=O) groups is 2. The number of nitrogens with zero attached hydrogens (tertiary/aromatic N) is 2. The van der Waals surface area contributed by atoms with Crippen molar-refractivity contribution in [3.8, 4) is 0 Å². The van der Waals surface area contributed by atoms with E-state index < -0.39 is 21.4 Å². The highest BCUT2D eigenvalue weighted by atomic mass is 32.2. The largest absolute Gasteiger partial charge is 0.481 e.